The molecule has 0 bridgehead atoms. The lowest BCUT2D eigenvalue weighted by molar-refractivity contribution is 0.101. The standard InChI is InChI=1S/C18H29NO/c1-3-13-19-18(17-11-5-4-8-15(17)2)12-6-9-16-10-7-14-20-16/h4-5,8,11,16,18-19H,3,6-7,9-10,12-14H2,1-2H3. The maximum Gasteiger partial charge on any atom is 0.0576 e. The summed E-state index contributed by atoms with van der Waals surface area (Å²) in [5, 5.41) is 3.71. The molecule has 2 atom stereocenters. The number of benzene rings is 1. The molecule has 1 aromatic rings. The lowest BCUT2D eigenvalue weighted by atomic mass is 9.95. The Balaban J connectivity index is 1.87. The molecule has 0 amide bonds. The highest BCUT2D eigenvalue weighted by molar-refractivity contribution is 5.28. The summed E-state index contributed by atoms with van der Waals surface area (Å²) in [5.41, 5.74) is 2.87. The van der Waals surface area contributed by atoms with Crippen molar-refractivity contribution in [1.82, 2.24) is 5.32 Å². The molecule has 112 valence electrons. The smallest absolute Gasteiger partial charge is 0.0576 e. The number of aryl methyl sites for hydroxylation is 1. The van der Waals surface area contributed by atoms with E-state index in [4.69, 9.17) is 4.74 Å². The van der Waals surface area contributed by atoms with Crippen molar-refractivity contribution in [2.45, 2.75) is 64.5 Å². The Bertz CT molecular complexity index is 385. The molecule has 1 aromatic carbocycles. The van der Waals surface area contributed by atoms with Gasteiger partial charge in [0.05, 0.1) is 6.10 Å². The van der Waals surface area contributed by atoms with Crippen LogP contribution in [0.2, 0.25) is 0 Å². The van der Waals surface area contributed by atoms with Crippen LogP contribution in [0.5, 0.6) is 0 Å². The molecule has 0 saturated carbocycles. The van der Waals surface area contributed by atoms with Gasteiger partial charge in [-0.1, -0.05) is 31.2 Å². The van der Waals surface area contributed by atoms with E-state index in [0.717, 1.165) is 13.2 Å². The summed E-state index contributed by atoms with van der Waals surface area (Å²) in [6.45, 7) is 6.52. The van der Waals surface area contributed by atoms with Crippen LogP contribution in [0.25, 0.3) is 0 Å². The summed E-state index contributed by atoms with van der Waals surface area (Å²) >= 11 is 0. The zero-order valence-corrected chi connectivity index (χ0v) is 13.0. The Hall–Kier alpha value is -0.860. The third kappa shape index (κ3) is 4.60. The predicted octanol–water partition coefficient (Wildman–Crippen LogP) is 4.39. The van der Waals surface area contributed by atoms with Crippen molar-refractivity contribution < 1.29 is 4.74 Å². The molecular formula is C18H29NO. The summed E-state index contributed by atoms with van der Waals surface area (Å²) in [7, 11) is 0. The average molecular weight is 275 g/mol. The van der Waals surface area contributed by atoms with Crippen molar-refractivity contribution >= 4 is 0 Å². The van der Waals surface area contributed by atoms with Crippen molar-refractivity contribution in [1.29, 1.82) is 0 Å². The van der Waals surface area contributed by atoms with Crippen LogP contribution in [0.15, 0.2) is 24.3 Å². The van der Waals surface area contributed by atoms with Gasteiger partial charge >= 0.3 is 0 Å². The molecule has 0 aromatic heterocycles. The Morgan fingerprint density at radius 2 is 2.20 bits per heavy atom. The molecule has 2 unspecified atom stereocenters. The first kappa shape index (κ1) is 15.5. The van der Waals surface area contributed by atoms with Crippen molar-refractivity contribution in [3.63, 3.8) is 0 Å². The van der Waals surface area contributed by atoms with E-state index in [0.29, 0.717) is 12.1 Å². The van der Waals surface area contributed by atoms with E-state index in [1.807, 2.05) is 0 Å². The van der Waals surface area contributed by atoms with Gasteiger partial charge < -0.3 is 10.1 Å². The molecule has 1 aliphatic rings. The highest BCUT2D eigenvalue weighted by Crippen LogP contribution is 2.25. The predicted molar refractivity (Wildman–Crippen MR) is 85.0 cm³/mol. The van der Waals surface area contributed by atoms with Gasteiger partial charge in [-0.2, -0.15) is 0 Å². The molecule has 20 heavy (non-hydrogen) atoms. The quantitative estimate of drug-likeness (QED) is 0.760. The minimum atomic E-state index is 0.498. The highest BCUT2D eigenvalue weighted by Gasteiger charge is 2.17. The summed E-state index contributed by atoms with van der Waals surface area (Å²) < 4.78 is 5.72. The van der Waals surface area contributed by atoms with Crippen LogP contribution in [0.4, 0.5) is 0 Å². The Morgan fingerprint density at radius 1 is 1.35 bits per heavy atom. The van der Waals surface area contributed by atoms with Crippen molar-refractivity contribution in [3.8, 4) is 0 Å². The summed E-state index contributed by atoms with van der Waals surface area (Å²) in [6.07, 6.45) is 7.91. The molecular weight excluding hydrogens is 246 g/mol. The van der Waals surface area contributed by atoms with Crippen LogP contribution in [-0.2, 0) is 4.74 Å². The van der Waals surface area contributed by atoms with E-state index < -0.39 is 0 Å². The van der Waals surface area contributed by atoms with E-state index in [2.05, 4.69) is 43.4 Å². The maximum atomic E-state index is 5.72. The van der Waals surface area contributed by atoms with Gasteiger partial charge in [0.1, 0.15) is 0 Å². The van der Waals surface area contributed by atoms with E-state index in [1.165, 1.54) is 49.7 Å². The Labute approximate surface area is 123 Å². The lowest BCUT2D eigenvalue weighted by Gasteiger charge is -2.21. The first-order valence-corrected chi connectivity index (χ1v) is 8.21. The first-order valence-electron chi connectivity index (χ1n) is 8.21. The van der Waals surface area contributed by atoms with Gasteiger partial charge in [-0.05, 0) is 63.1 Å². The summed E-state index contributed by atoms with van der Waals surface area (Å²) in [5.74, 6) is 0. The van der Waals surface area contributed by atoms with Crippen LogP contribution in [0, 0.1) is 6.92 Å². The second-order valence-corrected chi connectivity index (χ2v) is 5.93. The monoisotopic (exact) mass is 275 g/mol. The van der Waals surface area contributed by atoms with Gasteiger partial charge in [0.15, 0.2) is 0 Å². The second kappa shape index (κ2) is 8.43. The minimum Gasteiger partial charge on any atom is -0.378 e. The third-order valence-electron chi connectivity index (χ3n) is 4.25. The van der Waals surface area contributed by atoms with Crippen LogP contribution in [0.1, 0.15) is 62.6 Å². The maximum absolute atomic E-state index is 5.72. The second-order valence-electron chi connectivity index (χ2n) is 5.93. The zero-order chi connectivity index (χ0) is 14.2. The number of hydrogen-bond acceptors (Lipinski definition) is 2. The molecule has 1 fully saturated rings. The van der Waals surface area contributed by atoms with Crippen LogP contribution in [-0.4, -0.2) is 19.3 Å². The first-order chi connectivity index (χ1) is 9.81. The number of rotatable bonds is 8. The molecule has 2 nitrogen and oxygen atoms in total. The fraction of sp³-hybridized carbons (Fsp3) is 0.667. The fourth-order valence-electron chi connectivity index (χ4n) is 3.09. The molecule has 1 aliphatic heterocycles. The van der Waals surface area contributed by atoms with Gasteiger partial charge in [-0.25, -0.2) is 0 Å². The van der Waals surface area contributed by atoms with Gasteiger partial charge in [0.2, 0.25) is 0 Å². The summed E-state index contributed by atoms with van der Waals surface area (Å²) in [4.78, 5) is 0. The third-order valence-corrected chi connectivity index (χ3v) is 4.25. The molecule has 1 heterocycles. The Kier molecular flexibility index (Phi) is 6.55. The lowest BCUT2D eigenvalue weighted by Crippen LogP contribution is -2.23. The van der Waals surface area contributed by atoms with Gasteiger partial charge in [0, 0.05) is 12.6 Å². The van der Waals surface area contributed by atoms with E-state index in [1.54, 1.807) is 0 Å². The molecule has 0 aliphatic carbocycles. The van der Waals surface area contributed by atoms with E-state index in [9.17, 15) is 0 Å². The largest absolute Gasteiger partial charge is 0.378 e. The molecule has 2 rings (SSSR count). The highest BCUT2D eigenvalue weighted by atomic mass is 16.5. The van der Waals surface area contributed by atoms with Crippen molar-refractivity contribution in [2.75, 3.05) is 13.2 Å². The van der Waals surface area contributed by atoms with Crippen molar-refractivity contribution in [3.05, 3.63) is 35.4 Å². The zero-order valence-electron chi connectivity index (χ0n) is 13.0. The van der Waals surface area contributed by atoms with E-state index in [-0.39, 0.29) is 0 Å². The average Bonchev–Trinajstić information content (AvgIpc) is 2.97. The normalized spacial score (nSPS) is 20.2. The molecule has 0 radical (unpaired) electrons. The fourth-order valence-corrected chi connectivity index (χ4v) is 3.09. The number of nitrogens with one attached hydrogen (secondary N) is 1. The van der Waals surface area contributed by atoms with Crippen LogP contribution in [0.3, 0.4) is 0 Å². The minimum absolute atomic E-state index is 0.498. The van der Waals surface area contributed by atoms with Crippen LogP contribution >= 0.6 is 0 Å². The number of hydrogen-bond donors (Lipinski definition) is 1. The molecule has 2 heteroatoms. The van der Waals surface area contributed by atoms with Crippen LogP contribution < -0.4 is 5.32 Å². The van der Waals surface area contributed by atoms with Crippen molar-refractivity contribution in [2.24, 2.45) is 0 Å². The molecule has 1 N–H and O–H groups in total. The topological polar surface area (TPSA) is 21.3 Å². The van der Waals surface area contributed by atoms with Gasteiger partial charge in [-0.3, -0.25) is 0 Å². The Morgan fingerprint density at radius 3 is 2.90 bits per heavy atom. The molecule has 0 spiro atoms. The summed E-state index contributed by atoms with van der Waals surface area (Å²) in [6, 6.07) is 9.27. The SMILES string of the molecule is CCCNC(CCCC1CCCO1)c1ccccc1C. The molecule has 1 saturated heterocycles. The number of ether oxygens (including phenoxy) is 1. The van der Waals surface area contributed by atoms with Gasteiger partial charge in [0.25, 0.3) is 0 Å². The van der Waals surface area contributed by atoms with Gasteiger partial charge in [-0.15, -0.1) is 0 Å². The van der Waals surface area contributed by atoms with E-state index >= 15 is 0 Å².